The van der Waals surface area contributed by atoms with E-state index in [4.69, 9.17) is 14.8 Å². The Morgan fingerprint density at radius 3 is 2.34 bits per heavy atom. The van der Waals surface area contributed by atoms with Crippen molar-refractivity contribution in [2.45, 2.75) is 39.2 Å². The third-order valence-corrected chi connectivity index (χ3v) is 6.59. The molecular formula is C27H28N2O6. The van der Waals surface area contributed by atoms with Gasteiger partial charge in [-0.15, -0.1) is 0 Å². The normalized spacial score (nSPS) is 14.5. The van der Waals surface area contributed by atoms with Crippen molar-refractivity contribution in [2.75, 3.05) is 13.2 Å². The molecule has 2 N–H and O–H groups in total. The van der Waals surface area contributed by atoms with Crippen molar-refractivity contribution in [2.24, 2.45) is 5.41 Å². The molecule has 1 fully saturated rings. The van der Waals surface area contributed by atoms with Crippen molar-refractivity contribution in [3.63, 3.8) is 0 Å². The van der Waals surface area contributed by atoms with E-state index in [2.05, 4.69) is 0 Å². The number of aromatic nitrogens is 1. The van der Waals surface area contributed by atoms with E-state index in [1.807, 2.05) is 30.3 Å². The monoisotopic (exact) mass is 476 g/mol. The van der Waals surface area contributed by atoms with E-state index >= 15 is 0 Å². The first-order chi connectivity index (χ1) is 16.8. The first kappa shape index (κ1) is 24.2. The highest BCUT2D eigenvalue weighted by Gasteiger charge is 2.43. The molecule has 1 aromatic heterocycles. The molecule has 3 aromatic rings. The minimum atomic E-state index is -0.977. The predicted molar refractivity (Wildman–Crippen MR) is 130 cm³/mol. The van der Waals surface area contributed by atoms with Gasteiger partial charge in [0.15, 0.2) is 0 Å². The maximum atomic E-state index is 12.7. The average molecular weight is 477 g/mol. The second-order valence-corrected chi connectivity index (χ2v) is 8.95. The molecule has 0 saturated heterocycles. The van der Waals surface area contributed by atoms with Crippen LogP contribution in [-0.2, 0) is 16.1 Å². The van der Waals surface area contributed by atoms with E-state index in [1.165, 1.54) is 4.90 Å². The summed E-state index contributed by atoms with van der Waals surface area (Å²) in [6.07, 6.45) is 2.27. The Morgan fingerprint density at radius 2 is 1.71 bits per heavy atom. The zero-order valence-electron chi connectivity index (χ0n) is 19.6. The molecule has 0 aliphatic heterocycles. The molecule has 1 heterocycles. The molecule has 1 amide bonds. The van der Waals surface area contributed by atoms with Crippen LogP contribution in [0.3, 0.4) is 0 Å². The summed E-state index contributed by atoms with van der Waals surface area (Å²) in [7, 11) is 0. The standard InChI is InChI=1S/C27H28N2O6/c1-2-35-26(34)29(17-27(25(32)33)13-3-4-14-27)16-18-5-11-23-21(15-18)10-12-22(28-23)19-6-8-20(9-7-19)24(30)31/h5-12,15H,2-4,13-14,16-17H2,1H3,(H,30,31)(H,32,33). The van der Waals surface area contributed by atoms with Crippen LogP contribution in [0.2, 0.25) is 0 Å². The van der Waals surface area contributed by atoms with Gasteiger partial charge in [0.05, 0.1) is 28.8 Å². The highest BCUT2D eigenvalue weighted by Crippen LogP contribution is 2.39. The minimum absolute atomic E-state index is 0.114. The first-order valence-electron chi connectivity index (χ1n) is 11.7. The van der Waals surface area contributed by atoms with E-state index in [0.29, 0.717) is 12.8 Å². The average Bonchev–Trinajstić information content (AvgIpc) is 3.33. The number of amides is 1. The number of aromatic carboxylic acids is 1. The fourth-order valence-electron chi connectivity index (χ4n) is 4.69. The number of aliphatic carboxylic acids is 1. The van der Waals surface area contributed by atoms with Gasteiger partial charge in [0.25, 0.3) is 0 Å². The molecule has 1 aliphatic rings. The van der Waals surface area contributed by atoms with Gasteiger partial charge in [0.1, 0.15) is 0 Å². The maximum absolute atomic E-state index is 12.7. The summed E-state index contributed by atoms with van der Waals surface area (Å²) < 4.78 is 5.23. The summed E-state index contributed by atoms with van der Waals surface area (Å²) in [5, 5.41) is 19.8. The third kappa shape index (κ3) is 5.26. The molecule has 182 valence electrons. The van der Waals surface area contributed by atoms with Crippen LogP contribution in [0.1, 0.15) is 48.5 Å². The van der Waals surface area contributed by atoms with Crippen molar-refractivity contribution >= 4 is 28.9 Å². The van der Waals surface area contributed by atoms with Crippen LogP contribution in [0, 0.1) is 5.41 Å². The Hall–Kier alpha value is -3.94. The molecule has 1 saturated carbocycles. The summed E-state index contributed by atoms with van der Waals surface area (Å²) in [6.45, 7) is 2.30. The number of hydrogen-bond acceptors (Lipinski definition) is 5. The van der Waals surface area contributed by atoms with E-state index < -0.39 is 23.4 Å². The number of pyridine rings is 1. The summed E-state index contributed by atoms with van der Waals surface area (Å²) in [5.74, 6) is -1.84. The molecule has 4 rings (SSSR count). The molecule has 1 aliphatic carbocycles. The lowest BCUT2D eigenvalue weighted by Crippen LogP contribution is -2.44. The lowest BCUT2D eigenvalue weighted by molar-refractivity contribution is -0.149. The second kappa shape index (κ2) is 10.1. The van der Waals surface area contributed by atoms with Gasteiger partial charge in [-0.2, -0.15) is 0 Å². The molecule has 2 aromatic carbocycles. The van der Waals surface area contributed by atoms with Crippen LogP contribution in [0.15, 0.2) is 54.6 Å². The number of fused-ring (bicyclic) bond motifs is 1. The lowest BCUT2D eigenvalue weighted by Gasteiger charge is -2.31. The maximum Gasteiger partial charge on any atom is 0.410 e. The van der Waals surface area contributed by atoms with Crippen LogP contribution < -0.4 is 0 Å². The van der Waals surface area contributed by atoms with E-state index in [9.17, 15) is 19.5 Å². The molecule has 0 spiro atoms. The van der Waals surface area contributed by atoms with Gasteiger partial charge in [-0.05, 0) is 55.7 Å². The molecule has 0 atom stereocenters. The van der Waals surface area contributed by atoms with Crippen molar-refractivity contribution < 1.29 is 29.3 Å². The number of rotatable bonds is 8. The van der Waals surface area contributed by atoms with Crippen molar-refractivity contribution in [1.82, 2.24) is 9.88 Å². The molecule has 0 unspecified atom stereocenters. The predicted octanol–water partition coefficient (Wildman–Crippen LogP) is 5.20. The van der Waals surface area contributed by atoms with Gasteiger partial charge in [-0.25, -0.2) is 14.6 Å². The van der Waals surface area contributed by atoms with Crippen LogP contribution in [0.4, 0.5) is 4.79 Å². The van der Waals surface area contributed by atoms with Gasteiger partial charge in [-0.1, -0.05) is 37.1 Å². The number of benzene rings is 2. The molecule has 35 heavy (non-hydrogen) atoms. The van der Waals surface area contributed by atoms with Crippen LogP contribution in [0.5, 0.6) is 0 Å². The molecule has 8 heteroatoms. The largest absolute Gasteiger partial charge is 0.481 e. The third-order valence-electron chi connectivity index (χ3n) is 6.59. The van der Waals surface area contributed by atoms with Gasteiger partial charge in [0, 0.05) is 24.0 Å². The number of carboxylic acids is 2. The van der Waals surface area contributed by atoms with Gasteiger partial charge in [-0.3, -0.25) is 4.79 Å². The number of carboxylic acid groups (broad SMARTS) is 2. The zero-order valence-corrected chi connectivity index (χ0v) is 19.6. The topological polar surface area (TPSA) is 117 Å². The first-order valence-corrected chi connectivity index (χ1v) is 11.7. The Bertz CT molecular complexity index is 1250. The van der Waals surface area contributed by atoms with Crippen LogP contribution >= 0.6 is 0 Å². The quantitative estimate of drug-likeness (QED) is 0.459. The number of ether oxygens (including phenoxy) is 1. The smallest absolute Gasteiger partial charge is 0.410 e. The highest BCUT2D eigenvalue weighted by atomic mass is 16.6. The summed E-state index contributed by atoms with van der Waals surface area (Å²) in [6, 6.07) is 16.0. The van der Waals surface area contributed by atoms with Gasteiger partial charge < -0.3 is 19.8 Å². The Labute approximate surface area is 203 Å². The van der Waals surface area contributed by atoms with Gasteiger partial charge >= 0.3 is 18.0 Å². The SMILES string of the molecule is CCOC(=O)N(Cc1ccc2nc(-c3ccc(C(=O)O)cc3)ccc2c1)CC1(C(=O)O)CCCC1. The minimum Gasteiger partial charge on any atom is -0.481 e. The number of hydrogen-bond donors (Lipinski definition) is 2. The van der Waals surface area contributed by atoms with Crippen molar-refractivity contribution in [1.29, 1.82) is 0 Å². The van der Waals surface area contributed by atoms with Crippen molar-refractivity contribution in [3.8, 4) is 11.3 Å². The Morgan fingerprint density at radius 1 is 1.00 bits per heavy atom. The number of nitrogens with zero attached hydrogens (tertiary/aromatic N) is 2. The number of carbonyl (C=O) groups is 3. The summed E-state index contributed by atoms with van der Waals surface area (Å²) in [5.41, 5.74) is 2.42. The lowest BCUT2D eigenvalue weighted by atomic mass is 9.85. The molecule has 0 radical (unpaired) electrons. The second-order valence-electron chi connectivity index (χ2n) is 8.95. The molecule has 8 nitrogen and oxygen atoms in total. The van der Waals surface area contributed by atoms with Gasteiger partial charge in [0.2, 0.25) is 0 Å². The molecular weight excluding hydrogens is 448 g/mol. The Balaban J connectivity index is 1.57. The van der Waals surface area contributed by atoms with E-state index in [0.717, 1.165) is 40.6 Å². The Kier molecular flexibility index (Phi) is 7.00. The fraction of sp³-hybridized carbons (Fsp3) is 0.333. The fourth-order valence-corrected chi connectivity index (χ4v) is 4.69. The van der Waals surface area contributed by atoms with Crippen molar-refractivity contribution in [3.05, 3.63) is 65.7 Å². The van der Waals surface area contributed by atoms with E-state index in [-0.39, 0.29) is 25.3 Å². The summed E-state index contributed by atoms with van der Waals surface area (Å²) in [4.78, 5) is 42.0. The number of carbonyl (C=O) groups excluding carboxylic acids is 1. The highest BCUT2D eigenvalue weighted by molar-refractivity contribution is 5.88. The molecule has 0 bridgehead atoms. The van der Waals surface area contributed by atoms with E-state index in [1.54, 1.807) is 31.2 Å². The van der Waals surface area contributed by atoms with Crippen LogP contribution in [-0.4, -0.2) is 51.3 Å². The summed E-state index contributed by atoms with van der Waals surface area (Å²) >= 11 is 0. The van der Waals surface area contributed by atoms with Crippen LogP contribution in [0.25, 0.3) is 22.2 Å². The zero-order chi connectivity index (χ0) is 25.0.